The molecular weight excluding hydrogens is 220 g/mol. The number of ether oxygens (including phenoxy) is 1. The van der Waals surface area contributed by atoms with Crippen molar-refractivity contribution >= 4 is 24.3 Å². The topological polar surface area (TPSA) is 67.4 Å². The first-order chi connectivity index (χ1) is 6.74. The number of rotatable bonds is 4. The van der Waals surface area contributed by atoms with Crippen LogP contribution in [0.25, 0.3) is 0 Å². The first-order valence-electron chi connectivity index (χ1n) is 4.90. The molecule has 1 saturated heterocycles. The minimum absolute atomic E-state index is 0. The molecule has 88 valence electrons. The summed E-state index contributed by atoms with van der Waals surface area (Å²) in [5, 5.41) is 5.58. The van der Waals surface area contributed by atoms with Gasteiger partial charge in [0, 0.05) is 0 Å². The molecule has 0 aromatic carbocycles. The van der Waals surface area contributed by atoms with E-state index in [0.29, 0.717) is 6.61 Å². The molecule has 0 aliphatic carbocycles. The van der Waals surface area contributed by atoms with Gasteiger partial charge in [0.15, 0.2) is 0 Å². The lowest BCUT2D eigenvalue weighted by Crippen LogP contribution is -2.42. The van der Waals surface area contributed by atoms with Gasteiger partial charge >= 0.3 is 5.97 Å². The van der Waals surface area contributed by atoms with Gasteiger partial charge in [-0.15, -0.1) is 12.4 Å². The van der Waals surface area contributed by atoms with Gasteiger partial charge in [0.2, 0.25) is 5.91 Å². The first-order valence-corrected chi connectivity index (χ1v) is 4.90. The van der Waals surface area contributed by atoms with E-state index in [0.717, 1.165) is 19.4 Å². The minimum Gasteiger partial charge on any atom is -0.465 e. The van der Waals surface area contributed by atoms with Crippen LogP contribution in [0.1, 0.15) is 19.8 Å². The van der Waals surface area contributed by atoms with E-state index in [2.05, 4.69) is 15.4 Å². The molecule has 1 heterocycles. The molecule has 1 fully saturated rings. The third-order valence-electron chi connectivity index (χ3n) is 2.09. The Morgan fingerprint density at radius 3 is 2.80 bits per heavy atom. The normalized spacial score (nSPS) is 19.1. The van der Waals surface area contributed by atoms with Crippen LogP contribution in [0.2, 0.25) is 0 Å². The molecule has 1 atom stereocenters. The molecule has 0 aromatic heterocycles. The molecular formula is C9H17ClN2O3. The highest BCUT2D eigenvalue weighted by Crippen LogP contribution is 2.03. The quantitative estimate of drug-likeness (QED) is 0.666. The Morgan fingerprint density at radius 2 is 2.27 bits per heavy atom. The zero-order valence-electron chi connectivity index (χ0n) is 8.75. The van der Waals surface area contributed by atoms with Crippen LogP contribution < -0.4 is 10.6 Å². The van der Waals surface area contributed by atoms with Crippen LogP contribution in [-0.4, -0.2) is 37.6 Å². The molecule has 2 N–H and O–H groups in total. The van der Waals surface area contributed by atoms with E-state index >= 15 is 0 Å². The molecule has 5 nitrogen and oxygen atoms in total. The van der Waals surface area contributed by atoms with Gasteiger partial charge < -0.3 is 15.4 Å². The largest absolute Gasteiger partial charge is 0.465 e. The van der Waals surface area contributed by atoms with Crippen molar-refractivity contribution in [2.24, 2.45) is 0 Å². The van der Waals surface area contributed by atoms with E-state index in [9.17, 15) is 9.59 Å². The van der Waals surface area contributed by atoms with Gasteiger partial charge in [-0.05, 0) is 26.3 Å². The van der Waals surface area contributed by atoms with Gasteiger partial charge in [-0.1, -0.05) is 0 Å². The standard InChI is InChI=1S/C9H16N2O3.ClH/c1-2-14-8(12)6-11-9(13)7-4-3-5-10-7;/h7,10H,2-6H2,1H3,(H,11,13);1H/t7-;/m0./s1. The number of carbonyl (C=O) groups excluding carboxylic acids is 2. The zero-order chi connectivity index (χ0) is 10.4. The molecule has 1 aliphatic heterocycles. The van der Waals surface area contributed by atoms with Crippen molar-refractivity contribution in [3.05, 3.63) is 0 Å². The van der Waals surface area contributed by atoms with Crippen molar-refractivity contribution in [2.75, 3.05) is 19.7 Å². The molecule has 0 radical (unpaired) electrons. The third-order valence-corrected chi connectivity index (χ3v) is 2.09. The van der Waals surface area contributed by atoms with Crippen molar-refractivity contribution in [1.82, 2.24) is 10.6 Å². The highest BCUT2D eigenvalue weighted by molar-refractivity contribution is 5.86. The van der Waals surface area contributed by atoms with Gasteiger partial charge in [0.05, 0.1) is 12.6 Å². The Labute approximate surface area is 95.3 Å². The predicted octanol–water partition coefficient (Wildman–Crippen LogP) is -0.161. The van der Waals surface area contributed by atoms with E-state index in [4.69, 9.17) is 0 Å². The summed E-state index contributed by atoms with van der Waals surface area (Å²) in [4.78, 5) is 22.3. The molecule has 0 aromatic rings. The second-order valence-electron chi connectivity index (χ2n) is 3.17. The van der Waals surface area contributed by atoms with E-state index in [-0.39, 0.29) is 36.9 Å². The summed E-state index contributed by atoms with van der Waals surface area (Å²) >= 11 is 0. The Kier molecular flexibility index (Phi) is 7.07. The van der Waals surface area contributed by atoms with Gasteiger partial charge in [-0.2, -0.15) is 0 Å². The molecule has 1 rings (SSSR count). The number of hydrogen-bond donors (Lipinski definition) is 2. The molecule has 0 spiro atoms. The summed E-state index contributed by atoms with van der Waals surface area (Å²) in [5.41, 5.74) is 0. The fourth-order valence-corrected chi connectivity index (χ4v) is 1.40. The summed E-state index contributed by atoms with van der Waals surface area (Å²) in [6.45, 7) is 2.91. The maximum atomic E-state index is 11.4. The predicted molar refractivity (Wildman–Crippen MR) is 57.9 cm³/mol. The fourth-order valence-electron chi connectivity index (χ4n) is 1.40. The molecule has 15 heavy (non-hydrogen) atoms. The van der Waals surface area contributed by atoms with Crippen molar-refractivity contribution in [3.63, 3.8) is 0 Å². The third kappa shape index (κ3) is 4.99. The van der Waals surface area contributed by atoms with Crippen molar-refractivity contribution in [1.29, 1.82) is 0 Å². The summed E-state index contributed by atoms with van der Waals surface area (Å²) in [6, 6.07) is -0.135. The number of hydrogen-bond acceptors (Lipinski definition) is 4. The lowest BCUT2D eigenvalue weighted by atomic mass is 10.2. The average molecular weight is 237 g/mol. The molecule has 1 amide bonds. The second-order valence-corrected chi connectivity index (χ2v) is 3.17. The molecule has 6 heteroatoms. The van der Waals surface area contributed by atoms with Crippen LogP contribution in [0.3, 0.4) is 0 Å². The molecule has 1 aliphatic rings. The summed E-state index contributed by atoms with van der Waals surface area (Å²) in [6.07, 6.45) is 1.85. The number of esters is 1. The van der Waals surface area contributed by atoms with E-state index in [1.165, 1.54) is 0 Å². The Hall–Kier alpha value is -0.810. The maximum absolute atomic E-state index is 11.4. The Balaban J connectivity index is 0.00000196. The SMILES string of the molecule is CCOC(=O)CNC(=O)[C@@H]1CCCN1.Cl. The van der Waals surface area contributed by atoms with Gasteiger partial charge in [-0.25, -0.2) is 0 Å². The molecule has 0 bridgehead atoms. The number of nitrogens with one attached hydrogen (secondary N) is 2. The average Bonchev–Trinajstić information content (AvgIpc) is 2.67. The summed E-state index contributed by atoms with van der Waals surface area (Å²) in [7, 11) is 0. The Bertz CT molecular complexity index is 217. The summed E-state index contributed by atoms with van der Waals surface area (Å²) in [5.74, 6) is -0.505. The van der Waals surface area contributed by atoms with E-state index in [1.807, 2.05) is 0 Å². The lowest BCUT2D eigenvalue weighted by molar-refractivity contribution is -0.143. The number of carbonyl (C=O) groups is 2. The molecule has 0 unspecified atom stereocenters. The Morgan fingerprint density at radius 1 is 1.53 bits per heavy atom. The molecule has 0 saturated carbocycles. The minimum atomic E-state index is -0.390. The number of halogens is 1. The monoisotopic (exact) mass is 236 g/mol. The van der Waals surface area contributed by atoms with Gasteiger partial charge in [0.25, 0.3) is 0 Å². The van der Waals surface area contributed by atoms with Crippen molar-refractivity contribution in [2.45, 2.75) is 25.8 Å². The second kappa shape index (κ2) is 7.48. The van der Waals surface area contributed by atoms with Gasteiger partial charge in [-0.3, -0.25) is 9.59 Å². The van der Waals surface area contributed by atoms with Crippen LogP contribution in [0.15, 0.2) is 0 Å². The van der Waals surface area contributed by atoms with Crippen LogP contribution in [0.5, 0.6) is 0 Å². The maximum Gasteiger partial charge on any atom is 0.325 e. The van der Waals surface area contributed by atoms with E-state index < -0.39 is 0 Å². The van der Waals surface area contributed by atoms with Crippen molar-refractivity contribution in [3.8, 4) is 0 Å². The highest BCUT2D eigenvalue weighted by atomic mass is 35.5. The highest BCUT2D eigenvalue weighted by Gasteiger charge is 2.21. The van der Waals surface area contributed by atoms with Crippen LogP contribution >= 0.6 is 12.4 Å². The summed E-state index contributed by atoms with van der Waals surface area (Å²) < 4.78 is 4.68. The van der Waals surface area contributed by atoms with E-state index in [1.54, 1.807) is 6.92 Å². The smallest absolute Gasteiger partial charge is 0.325 e. The first kappa shape index (κ1) is 14.2. The van der Waals surface area contributed by atoms with Crippen LogP contribution in [0.4, 0.5) is 0 Å². The van der Waals surface area contributed by atoms with Crippen molar-refractivity contribution < 1.29 is 14.3 Å². The zero-order valence-corrected chi connectivity index (χ0v) is 9.56. The fraction of sp³-hybridized carbons (Fsp3) is 0.778. The lowest BCUT2D eigenvalue weighted by Gasteiger charge is -2.10. The number of amides is 1. The van der Waals surface area contributed by atoms with Crippen LogP contribution in [-0.2, 0) is 14.3 Å². The van der Waals surface area contributed by atoms with Crippen LogP contribution in [0, 0.1) is 0 Å². The van der Waals surface area contributed by atoms with Gasteiger partial charge in [0.1, 0.15) is 6.54 Å².